The summed E-state index contributed by atoms with van der Waals surface area (Å²) in [6.07, 6.45) is 3.85. The highest BCUT2D eigenvalue weighted by molar-refractivity contribution is 6.30. The quantitative estimate of drug-likeness (QED) is 0.646. The van der Waals surface area contributed by atoms with Gasteiger partial charge >= 0.3 is 0 Å². The molecule has 2 heterocycles. The maximum Gasteiger partial charge on any atom is 0.132 e. The van der Waals surface area contributed by atoms with Crippen molar-refractivity contribution in [1.82, 2.24) is 4.98 Å². The molecule has 0 unspecified atom stereocenters. The van der Waals surface area contributed by atoms with Crippen LogP contribution in [0.5, 0.6) is 0 Å². The van der Waals surface area contributed by atoms with Crippen molar-refractivity contribution in [3.63, 3.8) is 0 Å². The van der Waals surface area contributed by atoms with Crippen LogP contribution in [0.3, 0.4) is 0 Å². The van der Waals surface area contributed by atoms with E-state index in [-0.39, 0.29) is 0 Å². The van der Waals surface area contributed by atoms with Crippen LogP contribution in [0.15, 0.2) is 18.3 Å². The predicted molar refractivity (Wildman–Crippen MR) is 52.0 cm³/mol. The molecule has 0 saturated carbocycles. The highest BCUT2D eigenvalue weighted by Crippen LogP contribution is 2.30. The van der Waals surface area contributed by atoms with E-state index in [1.54, 1.807) is 6.20 Å². The number of hydrogen-bond acceptors (Lipinski definition) is 2. The van der Waals surface area contributed by atoms with E-state index in [2.05, 4.69) is 11.1 Å². The Morgan fingerprint density at radius 3 is 2.85 bits per heavy atom. The molecule has 0 aliphatic carbocycles. The van der Waals surface area contributed by atoms with E-state index in [1.165, 1.54) is 5.56 Å². The average molecular weight is 198 g/mol. The molecular formula is C10H12ClNO. The maximum atomic E-state index is 6.01. The van der Waals surface area contributed by atoms with Crippen LogP contribution in [0, 0.1) is 0 Å². The van der Waals surface area contributed by atoms with Crippen LogP contribution < -0.4 is 0 Å². The summed E-state index contributed by atoms with van der Waals surface area (Å²) in [5.41, 5.74) is 1.17. The minimum atomic E-state index is 0.537. The first-order valence-corrected chi connectivity index (χ1v) is 4.94. The van der Waals surface area contributed by atoms with Crippen LogP contribution in [0.4, 0.5) is 0 Å². The molecule has 3 heteroatoms. The summed E-state index contributed by atoms with van der Waals surface area (Å²) in [7, 11) is 0. The van der Waals surface area contributed by atoms with Crippen LogP contribution >= 0.6 is 11.6 Å². The van der Waals surface area contributed by atoms with E-state index in [0.717, 1.165) is 26.1 Å². The Kier molecular flexibility index (Phi) is 2.81. The van der Waals surface area contributed by atoms with Gasteiger partial charge in [-0.2, -0.15) is 0 Å². The lowest BCUT2D eigenvalue weighted by molar-refractivity contribution is 0.0853. The number of nitrogens with zero attached hydrogens (tertiary/aromatic N) is 1. The van der Waals surface area contributed by atoms with E-state index in [4.69, 9.17) is 16.3 Å². The van der Waals surface area contributed by atoms with Crippen molar-refractivity contribution in [2.24, 2.45) is 0 Å². The molecule has 1 aromatic rings. The molecule has 0 amide bonds. The summed E-state index contributed by atoms with van der Waals surface area (Å²) in [4.78, 5) is 4.08. The third-order valence-electron chi connectivity index (χ3n) is 2.45. The second-order valence-corrected chi connectivity index (χ2v) is 3.63. The molecule has 0 atom stereocenters. The van der Waals surface area contributed by atoms with Gasteiger partial charge in [-0.25, -0.2) is 4.98 Å². The van der Waals surface area contributed by atoms with Crippen LogP contribution in [0.25, 0.3) is 0 Å². The molecule has 0 N–H and O–H groups in total. The van der Waals surface area contributed by atoms with Gasteiger partial charge in [0.15, 0.2) is 0 Å². The van der Waals surface area contributed by atoms with E-state index in [0.29, 0.717) is 11.1 Å². The zero-order valence-electron chi connectivity index (χ0n) is 7.37. The SMILES string of the molecule is Clc1ncccc1C1CCOCC1. The standard InChI is InChI=1S/C10H12ClNO/c11-10-9(2-1-5-12-10)8-3-6-13-7-4-8/h1-2,5,8H,3-4,6-7H2. The van der Waals surface area contributed by atoms with Gasteiger partial charge < -0.3 is 4.74 Å². The molecular weight excluding hydrogens is 186 g/mol. The molecule has 70 valence electrons. The summed E-state index contributed by atoms with van der Waals surface area (Å²) in [6, 6.07) is 4.00. The van der Waals surface area contributed by atoms with Crippen LogP contribution in [-0.4, -0.2) is 18.2 Å². The lowest BCUT2D eigenvalue weighted by Crippen LogP contribution is -2.14. The molecule has 0 bridgehead atoms. The van der Waals surface area contributed by atoms with Crippen LogP contribution in [0.2, 0.25) is 5.15 Å². The predicted octanol–water partition coefficient (Wildman–Crippen LogP) is 2.63. The molecule has 1 aliphatic rings. The van der Waals surface area contributed by atoms with Crippen molar-refractivity contribution in [2.75, 3.05) is 13.2 Å². The van der Waals surface area contributed by atoms with E-state index in [1.807, 2.05) is 6.07 Å². The third-order valence-corrected chi connectivity index (χ3v) is 2.76. The summed E-state index contributed by atoms with van der Waals surface area (Å²) in [6.45, 7) is 1.69. The summed E-state index contributed by atoms with van der Waals surface area (Å²) in [5, 5.41) is 0.648. The topological polar surface area (TPSA) is 22.1 Å². The summed E-state index contributed by atoms with van der Waals surface area (Å²) in [5.74, 6) is 0.537. The van der Waals surface area contributed by atoms with Crippen LogP contribution in [0.1, 0.15) is 24.3 Å². The second kappa shape index (κ2) is 4.07. The Morgan fingerprint density at radius 1 is 1.38 bits per heavy atom. The van der Waals surface area contributed by atoms with Gasteiger partial charge in [-0.05, 0) is 30.4 Å². The lowest BCUT2D eigenvalue weighted by Gasteiger charge is -2.22. The molecule has 1 aromatic heterocycles. The number of aromatic nitrogens is 1. The summed E-state index contributed by atoms with van der Waals surface area (Å²) >= 11 is 6.01. The Morgan fingerprint density at radius 2 is 2.15 bits per heavy atom. The van der Waals surface area contributed by atoms with Crippen molar-refractivity contribution >= 4 is 11.6 Å². The largest absolute Gasteiger partial charge is 0.381 e. The third kappa shape index (κ3) is 2.01. The minimum absolute atomic E-state index is 0.537. The molecule has 0 radical (unpaired) electrons. The molecule has 2 nitrogen and oxygen atoms in total. The van der Waals surface area contributed by atoms with Crippen molar-refractivity contribution in [1.29, 1.82) is 0 Å². The number of hydrogen-bond donors (Lipinski definition) is 0. The molecule has 1 fully saturated rings. The second-order valence-electron chi connectivity index (χ2n) is 3.27. The molecule has 1 aliphatic heterocycles. The van der Waals surface area contributed by atoms with Gasteiger partial charge in [0, 0.05) is 19.4 Å². The van der Waals surface area contributed by atoms with Gasteiger partial charge in [-0.3, -0.25) is 0 Å². The number of ether oxygens (including phenoxy) is 1. The summed E-state index contributed by atoms with van der Waals surface area (Å²) < 4.78 is 5.30. The number of halogens is 1. The zero-order chi connectivity index (χ0) is 9.10. The monoisotopic (exact) mass is 197 g/mol. The fourth-order valence-electron chi connectivity index (χ4n) is 1.71. The van der Waals surface area contributed by atoms with Gasteiger partial charge in [0.2, 0.25) is 0 Å². The van der Waals surface area contributed by atoms with Crippen molar-refractivity contribution in [3.05, 3.63) is 29.0 Å². The molecule has 13 heavy (non-hydrogen) atoms. The zero-order valence-corrected chi connectivity index (χ0v) is 8.13. The van der Waals surface area contributed by atoms with Crippen molar-refractivity contribution in [3.8, 4) is 0 Å². The van der Waals surface area contributed by atoms with Gasteiger partial charge in [0.25, 0.3) is 0 Å². The molecule has 0 spiro atoms. The van der Waals surface area contributed by atoms with Gasteiger partial charge in [-0.1, -0.05) is 17.7 Å². The Balaban J connectivity index is 2.18. The fourth-order valence-corrected chi connectivity index (χ4v) is 1.99. The number of pyridine rings is 1. The van der Waals surface area contributed by atoms with Gasteiger partial charge in [0.1, 0.15) is 5.15 Å². The fraction of sp³-hybridized carbons (Fsp3) is 0.500. The van der Waals surface area contributed by atoms with E-state index >= 15 is 0 Å². The van der Waals surface area contributed by atoms with Gasteiger partial charge in [0.05, 0.1) is 0 Å². The highest BCUT2D eigenvalue weighted by Gasteiger charge is 2.18. The minimum Gasteiger partial charge on any atom is -0.381 e. The van der Waals surface area contributed by atoms with Gasteiger partial charge in [-0.15, -0.1) is 0 Å². The lowest BCUT2D eigenvalue weighted by atomic mass is 9.93. The van der Waals surface area contributed by atoms with Crippen molar-refractivity contribution < 1.29 is 4.74 Å². The first-order chi connectivity index (χ1) is 6.38. The Labute approximate surface area is 82.9 Å². The van der Waals surface area contributed by atoms with Crippen molar-refractivity contribution in [2.45, 2.75) is 18.8 Å². The molecule has 2 rings (SSSR count). The number of rotatable bonds is 1. The Bertz CT molecular complexity index is 284. The first-order valence-electron chi connectivity index (χ1n) is 4.56. The maximum absolute atomic E-state index is 6.01. The highest BCUT2D eigenvalue weighted by atomic mass is 35.5. The first kappa shape index (κ1) is 8.97. The molecule has 1 saturated heterocycles. The normalized spacial score (nSPS) is 18.8. The molecule has 0 aromatic carbocycles. The average Bonchev–Trinajstić information content (AvgIpc) is 2.20. The Hall–Kier alpha value is -0.600. The smallest absolute Gasteiger partial charge is 0.132 e. The van der Waals surface area contributed by atoms with E-state index < -0.39 is 0 Å². The van der Waals surface area contributed by atoms with Crippen LogP contribution in [-0.2, 0) is 4.74 Å². The van der Waals surface area contributed by atoms with E-state index in [9.17, 15) is 0 Å².